The van der Waals surface area contributed by atoms with Crippen molar-refractivity contribution in [1.29, 1.82) is 0 Å². The van der Waals surface area contributed by atoms with E-state index in [1.54, 1.807) is 6.07 Å². The molecule has 2 aromatic rings. The number of carboxylic acids is 1. The number of rotatable bonds is 8. The predicted octanol–water partition coefficient (Wildman–Crippen LogP) is 6.84. The Morgan fingerprint density at radius 3 is 2.56 bits per heavy atom. The van der Waals surface area contributed by atoms with E-state index in [4.69, 9.17) is 9.84 Å². The van der Waals surface area contributed by atoms with E-state index in [9.17, 15) is 13.9 Å². The number of aliphatic carboxylic acids is 1. The fourth-order valence-corrected chi connectivity index (χ4v) is 7.09. The molecule has 1 aliphatic rings. The predicted molar refractivity (Wildman–Crippen MR) is 133 cm³/mol. The fraction of sp³-hybridized carbons (Fsp3) is 0.375. The first kappa shape index (κ1) is 24.5. The monoisotopic (exact) mass is 477 g/mol. The summed E-state index contributed by atoms with van der Waals surface area (Å²) in [6.45, 7) is 4.92. The largest absolute Gasteiger partial charge is 0.478 e. The molecule has 0 bridgehead atoms. The number of benzene rings is 2. The summed E-state index contributed by atoms with van der Waals surface area (Å²) in [5.41, 5.74) is 1.49. The molecule has 32 heavy (non-hydrogen) atoms. The third-order valence-electron chi connectivity index (χ3n) is 5.89. The summed E-state index contributed by atoms with van der Waals surface area (Å²) in [7, 11) is -3.12. The van der Waals surface area contributed by atoms with E-state index < -0.39 is 16.6 Å². The van der Waals surface area contributed by atoms with Crippen LogP contribution in [-0.4, -0.2) is 38.7 Å². The van der Waals surface area contributed by atoms with Crippen LogP contribution in [0.4, 0.5) is 11.4 Å². The number of nitrogens with zero attached hydrogens (tertiary/aromatic N) is 1. The number of hydrogen-bond acceptors (Lipinski definition) is 6. The lowest BCUT2D eigenvalue weighted by molar-refractivity contribution is -0.131. The maximum atomic E-state index is 11.4. The Bertz CT molecular complexity index is 980. The van der Waals surface area contributed by atoms with Crippen molar-refractivity contribution < 1.29 is 23.7 Å². The normalized spacial score (nSPS) is 21.1. The molecule has 0 saturated carbocycles. The molecule has 174 valence electrons. The molecule has 0 aromatic heterocycles. The Morgan fingerprint density at radius 1 is 1.25 bits per heavy atom. The van der Waals surface area contributed by atoms with Crippen LogP contribution in [0.15, 0.2) is 64.6 Å². The van der Waals surface area contributed by atoms with Crippen molar-refractivity contribution in [3.05, 3.63) is 54.8 Å². The van der Waals surface area contributed by atoms with E-state index in [0.717, 1.165) is 47.9 Å². The third-order valence-corrected chi connectivity index (χ3v) is 8.70. The van der Waals surface area contributed by atoms with Gasteiger partial charge < -0.3 is 14.7 Å². The summed E-state index contributed by atoms with van der Waals surface area (Å²) in [4.78, 5) is 14.2. The average Bonchev–Trinajstić information content (AvgIpc) is 2.86. The fourth-order valence-electron chi connectivity index (χ4n) is 4.30. The first-order chi connectivity index (χ1) is 15.2. The molecule has 0 aliphatic carbocycles. The molecule has 8 heteroatoms. The lowest BCUT2D eigenvalue weighted by Crippen LogP contribution is -2.37. The molecule has 1 heterocycles. The van der Waals surface area contributed by atoms with E-state index in [1.807, 2.05) is 42.7 Å². The van der Waals surface area contributed by atoms with Gasteiger partial charge in [-0.25, -0.2) is 4.79 Å². The van der Waals surface area contributed by atoms with Gasteiger partial charge in [0.2, 0.25) is 0 Å². The lowest BCUT2D eigenvalue weighted by Gasteiger charge is -2.41. The van der Waals surface area contributed by atoms with Crippen LogP contribution in [0.25, 0.3) is 0 Å². The molecule has 0 saturated heterocycles. The van der Waals surface area contributed by atoms with Gasteiger partial charge in [0.05, 0.1) is 27.8 Å². The van der Waals surface area contributed by atoms with Crippen LogP contribution in [0.1, 0.15) is 33.1 Å². The van der Waals surface area contributed by atoms with Gasteiger partial charge in [-0.1, -0.05) is 38.5 Å². The molecule has 1 unspecified atom stereocenters. The summed E-state index contributed by atoms with van der Waals surface area (Å²) >= 11 is 1.46. The minimum Gasteiger partial charge on any atom is -0.478 e. The molecule has 1 aliphatic heterocycles. The quantitative estimate of drug-likeness (QED) is 0.218. The molecule has 6 nitrogen and oxygen atoms in total. The second kappa shape index (κ2) is 10.2. The second-order valence-electron chi connectivity index (χ2n) is 8.07. The van der Waals surface area contributed by atoms with Crippen LogP contribution in [-0.2, 0) is 4.79 Å². The average molecular weight is 478 g/mol. The highest BCUT2D eigenvalue weighted by atomic mass is 32.3. The zero-order chi connectivity index (χ0) is 23.4. The van der Waals surface area contributed by atoms with Crippen LogP contribution < -0.4 is 9.64 Å². The second-order valence-corrected chi connectivity index (χ2v) is 11.0. The zero-order valence-electron chi connectivity index (χ0n) is 18.7. The van der Waals surface area contributed by atoms with Crippen LogP contribution in [0.5, 0.6) is 5.75 Å². The van der Waals surface area contributed by atoms with Gasteiger partial charge >= 0.3 is 5.97 Å². The van der Waals surface area contributed by atoms with Crippen LogP contribution in [0.2, 0.25) is 0 Å². The Kier molecular flexibility index (Phi) is 7.82. The highest BCUT2D eigenvalue weighted by Crippen LogP contribution is 2.62. The molecule has 3 rings (SSSR count). The molecule has 0 fully saturated rings. The maximum absolute atomic E-state index is 11.4. The minimum atomic E-state index is -3.12. The number of hydrogen-bond donors (Lipinski definition) is 3. The van der Waals surface area contributed by atoms with Gasteiger partial charge in [-0.3, -0.25) is 9.11 Å². The molecule has 1 atom stereocenters. The van der Waals surface area contributed by atoms with Gasteiger partial charge in [-0.15, -0.1) is 11.8 Å². The Morgan fingerprint density at radius 2 is 1.97 bits per heavy atom. The van der Waals surface area contributed by atoms with Gasteiger partial charge in [0.15, 0.2) is 0 Å². The van der Waals surface area contributed by atoms with Crippen LogP contribution >= 0.6 is 22.4 Å². The van der Waals surface area contributed by atoms with Crippen molar-refractivity contribution in [3.8, 4) is 5.75 Å². The molecule has 0 spiro atoms. The molecule has 2 aromatic carbocycles. The summed E-state index contributed by atoms with van der Waals surface area (Å²) in [5.74, 6) is -0.428. The Balaban J connectivity index is 2.22. The van der Waals surface area contributed by atoms with E-state index in [1.165, 1.54) is 11.8 Å². The first-order valence-electron chi connectivity index (χ1n) is 10.6. The lowest BCUT2D eigenvalue weighted by atomic mass is 9.82. The van der Waals surface area contributed by atoms with Gasteiger partial charge in [-0.05, 0) is 37.3 Å². The van der Waals surface area contributed by atoms with Crippen molar-refractivity contribution >= 4 is 39.7 Å². The topological polar surface area (TPSA) is 90.2 Å². The molecule has 0 radical (unpaired) electrons. The summed E-state index contributed by atoms with van der Waals surface area (Å²) < 4.78 is 28.4. The van der Waals surface area contributed by atoms with E-state index >= 15 is 0 Å². The van der Waals surface area contributed by atoms with Crippen molar-refractivity contribution in [1.82, 2.24) is 0 Å². The molecule has 3 N–H and O–H groups in total. The molecular weight excluding hydrogens is 446 g/mol. The standard InChI is InChI=1S/C24H31NO5S2/c1-4-12-24(5-2)16-25(18-9-7-6-8-10-18)19-14-21(31-3)20(30-13-11-23(26)27)15-22(19)32(28,29)17-24/h6-11,13-15,28-29H,4-5,12,16-17H2,1-3H3,(H,26,27)/b13-11+. The van der Waals surface area contributed by atoms with Gasteiger partial charge in [0.1, 0.15) is 5.75 Å². The van der Waals surface area contributed by atoms with E-state index in [2.05, 4.69) is 18.7 Å². The number of para-hydroxylation sites is 1. The van der Waals surface area contributed by atoms with Gasteiger partial charge in [0, 0.05) is 29.5 Å². The van der Waals surface area contributed by atoms with E-state index in [0.29, 0.717) is 17.2 Å². The van der Waals surface area contributed by atoms with Crippen molar-refractivity contribution in [2.24, 2.45) is 5.41 Å². The Hall–Kier alpha value is -2.13. The van der Waals surface area contributed by atoms with Crippen LogP contribution in [0, 0.1) is 5.41 Å². The smallest absolute Gasteiger partial charge is 0.331 e. The SMILES string of the molecule is CCCC1(CC)CN(c2ccccc2)c2cc(SC)c(O/C=C/C(=O)O)cc2S(O)(O)C1. The van der Waals surface area contributed by atoms with Crippen molar-refractivity contribution in [3.63, 3.8) is 0 Å². The van der Waals surface area contributed by atoms with Crippen LogP contribution in [0.3, 0.4) is 0 Å². The number of fused-ring (bicyclic) bond motifs is 1. The highest BCUT2D eigenvalue weighted by molar-refractivity contribution is 8.24. The number of carboxylic acid groups (broad SMARTS) is 1. The maximum Gasteiger partial charge on any atom is 0.331 e. The summed E-state index contributed by atoms with van der Waals surface area (Å²) in [5, 5.41) is 8.87. The number of carbonyl (C=O) groups is 1. The number of ether oxygens (including phenoxy) is 1. The summed E-state index contributed by atoms with van der Waals surface area (Å²) in [6, 6.07) is 13.6. The Labute approximate surface area is 195 Å². The van der Waals surface area contributed by atoms with Crippen molar-refractivity contribution in [2.75, 3.05) is 23.5 Å². The van der Waals surface area contributed by atoms with Crippen molar-refractivity contribution in [2.45, 2.75) is 42.9 Å². The van der Waals surface area contributed by atoms with Gasteiger partial charge in [-0.2, -0.15) is 10.6 Å². The minimum absolute atomic E-state index is 0.258. The number of anilines is 2. The molecule has 0 amide bonds. The number of thioether (sulfide) groups is 1. The first-order valence-corrected chi connectivity index (χ1v) is 13.6. The summed E-state index contributed by atoms with van der Waals surface area (Å²) in [6.07, 6.45) is 6.59. The molecular formula is C24H31NO5S2. The third kappa shape index (κ3) is 5.26. The zero-order valence-corrected chi connectivity index (χ0v) is 20.3. The van der Waals surface area contributed by atoms with E-state index in [-0.39, 0.29) is 11.2 Å². The highest BCUT2D eigenvalue weighted by Gasteiger charge is 2.41. The van der Waals surface area contributed by atoms with Gasteiger partial charge in [0.25, 0.3) is 0 Å².